The van der Waals surface area contributed by atoms with Crippen molar-refractivity contribution in [2.24, 2.45) is 0 Å². The molecule has 116 valence electrons. The highest BCUT2D eigenvalue weighted by molar-refractivity contribution is 5.92. The smallest absolute Gasteiger partial charge is 0.279 e. The second-order valence-corrected chi connectivity index (χ2v) is 5.24. The Balaban J connectivity index is 2.47. The number of carbonyl (C=O) groups excluding carboxylic acids is 2. The van der Waals surface area contributed by atoms with Crippen molar-refractivity contribution in [3.05, 3.63) is 29.8 Å². The maximum atomic E-state index is 12.0. The number of rotatable bonds is 7. The van der Waals surface area contributed by atoms with E-state index in [0.29, 0.717) is 19.6 Å². The average Bonchev–Trinajstić information content (AvgIpc) is 2.42. The van der Waals surface area contributed by atoms with E-state index in [1.165, 1.54) is 0 Å². The summed E-state index contributed by atoms with van der Waals surface area (Å²) >= 11 is 0. The SMILES string of the molecule is CCN(CC)C(=O)C[NH+](C)CC(=O)Nc1ccccc1C. The van der Waals surface area contributed by atoms with E-state index in [1.54, 1.807) is 4.90 Å². The molecule has 0 saturated heterocycles. The molecule has 0 radical (unpaired) electrons. The van der Waals surface area contributed by atoms with Gasteiger partial charge in [0, 0.05) is 18.8 Å². The van der Waals surface area contributed by atoms with E-state index in [2.05, 4.69) is 5.32 Å². The minimum atomic E-state index is -0.0749. The number of nitrogens with one attached hydrogen (secondary N) is 2. The first kappa shape index (κ1) is 17.2. The molecule has 1 atom stereocenters. The molecule has 5 heteroatoms. The Morgan fingerprint density at radius 3 is 2.33 bits per heavy atom. The molecule has 2 amide bonds. The summed E-state index contributed by atoms with van der Waals surface area (Å²) in [5.74, 6) is 0.00957. The van der Waals surface area contributed by atoms with Gasteiger partial charge < -0.3 is 15.1 Å². The topological polar surface area (TPSA) is 53.9 Å². The van der Waals surface area contributed by atoms with Gasteiger partial charge in [-0.3, -0.25) is 9.59 Å². The predicted octanol–water partition coefficient (Wildman–Crippen LogP) is 0.317. The van der Waals surface area contributed by atoms with E-state index >= 15 is 0 Å². The zero-order valence-electron chi connectivity index (χ0n) is 13.4. The van der Waals surface area contributed by atoms with E-state index in [1.807, 2.05) is 52.1 Å². The van der Waals surface area contributed by atoms with E-state index in [4.69, 9.17) is 0 Å². The van der Waals surface area contributed by atoms with E-state index in [9.17, 15) is 9.59 Å². The third-order valence-corrected chi connectivity index (χ3v) is 3.45. The molecule has 21 heavy (non-hydrogen) atoms. The van der Waals surface area contributed by atoms with Gasteiger partial charge in [-0.05, 0) is 32.4 Å². The standard InChI is InChI=1S/C16H25N3O2/c1-5-19(6-2)16(21)12-18(4)11-15(20)17-14-10-8-7-9-13(14)3/h7-10H,5-6,11-12H2,1-4H3,(H,17,20)/p+1. The van der Waals surface area contributed by atoms with Gasteiger partial charge in [-0.15, -0.1) is 0 Å². The molecule has 0 fully saturated rings. The van der Waals surface area contributed by atoms with Gasteiger partial charge in [-0.1, -0.05) is 18.2 Å². The number of aryl methyl sites for hydroxylation is 1. The molecule has 2 N–H and O–H groups in total. The van der Waals surface area contributed by atoms with Gasteiger partial charge in [0.2, 0.25) is 0 Å². The number of carbonyl (C=O) groups is 2. The maximum Gasteiger partial charge on any atom is 0.279 e. The monoisotopic (exact) mass is 292 g/mol. The summed E-state index contributed by atoms with van der Waals surface area (Å²) in [6, 6.07) is 7.66. The van der Waals surface area contributed by atoms with Crippen LogP contribution in [0.3, 0.4) is 0 Å². The number of hydrogen-bond acceptors (Lipinski definition) is 2. The number of hydrogen-bond donors (Lipinski definition) is 2. The van der Waals surface area contributed by atoms with E-state index < -0.39 is 0 Å². The summed E-state index contributed by atoms with van der Waals surface area (Å²) in [5, 5.41) is 2.89. The van der Waals surface area contributed by atoms with Gasteiger partial charge in [-0.25, -0.2) is 0 Å². The quantitative estimate of drug-likeness (QED) is 0.760. The van der Waals surface area contributed by atoms with Gasteiger partial charge in [-0.2, -0.15) is 0 Å². The molecule has 1 aromatic carbocycles. The molecule has 1 aromatic rings. The average molecular weight is 292 g/mol. The van der Waals surface area contributed by atoms with Gasteiger partial charge >= 0.3 is 0 Å². The zero-order chi connectivity index (χ0) is 15.8. The van der Waals surface area contributed by atoms with Crippen molar-refractivity contribution in [2.45, 2.75) is 20.8 Å². The lowest BCUT2D eigenvalue weighted by atomic mass is 10.2. The van der Waals surface area contributed by atoms with Gasteiger partial charge in [0.25, 0.3) is 11.8 Å². The summed E-state index contributed by atoms with van der Waals surface area (Å²) in [5.41, 5.74) is 1.85. The molecule has 0 bridgehead atoms. The van der Waals surface area contributed by atoms with E-state index in [-0.39, 0.29) is 18.4 Å². The molecule has 0 heterocycles. The molecular weight excluding hydrogens is 266 g/mol. The third-order valence-electron chi connectivity index (χ3n) is 3.45. The lowest BCUT2D eigenvalue weighted by Gasteiger charge is -2.21. The van der Waals surface area contributed by atoms with Crippen molar-refractivity contribution in [2.75, 3.05) is 38.5 Å². The summed E-state index contributed by atoms with van der Waals surface area (Å²) in [7, 11) is 1.86. The minimum Gasteiger partial charge on any atom is -0.338 e. The number of likely N-dealkylation sites (N-methyl/N-ethyl adjacent to an activating group) is 2. The summed E-state index contributed by atoms with van der Waals surface area (Å²) in [6.07, 6.45) is 0. The van der Waals surface area contributed by atoms with E-state index in [0.717, 1.165) is 16.2 Å². The lowest BCUT2D eigenvalue weighted by molar-refractivity contribution is -0.862. The van der Waals surface area contributed by atoms with Gasteiger partial charge in [0.15, 0.2) is 13.1 Å². The number of amides is 2. The Bertz CT molecular complexity index is 484. The summed E-state index contributed by atoms with van der Waals surface area (Å²) in [4.78, 5) is 26.7. The highest BCUT2D eigenvalue weighted by Crippen LogP contribution is 2.12. The molecule has 0 aliphatic carbocycles. The fourth-order valence-electron chi connectivity index (χ4n) is 2.19. The molecular formula is C16H26N3O2+. The van der Waals surface area contributed by atoms with Crippen LogP contribution < -0.4 is 10.2 Å². The van der Waals surface area contributed by atoms with Crippen LogP contribution in [0.5, 0.6) is 0 Å². The van der Waals surface area contributed by atoms with Crippen molar-refractivity contribution in [3.63, 3.8) is 0 Å². The van der Waals surface area contributed by atoms with Crippen LogP contribution in [0, 0.1) is 6.92 Å². The second kappa shape index (κ2) is 8.42. The van der Waals surface area contributed by atoms with Crippen LogP contribution in [-0.2, 0) is 9.59 Å². The molecule has 1 rings (SSSR count). The Morgan fingerprint density at radius 1 is 1.14 bits per heavy atom. The van der Waals surface area contributed by atoms with Crippen molar-refractivity contribution in [1.29, 1.82) is 0 Å². The number of nitrogens with zero attached hydrogens (tertiary/aromatic N) is 1. The van der Waals surface area contributed by atoms with Gasteiger partial charge in [0.1, 0.15) is 0 Å². The Hall–Kier alpha value is -1.88. The Kier molecular flexibility index (Phi) is 6.88. The van der Waals surface area contributed by atoms with Crippen LogP contribution in [0.25, 0.3) is 0 Å². The number of anilines is 1. The predicted molar refractivity (Wildman–Crippen MR) is 84.4 cm³/mol. The first-order chi connectivity index (χ1) is 9.97. The fraction of sp³-hybridized carbons (Fsp3) is 0.500. The van der Waals surface area contributed by atoms with Crippen LogP contribution in [-0.4, -0.2) is 49.9 Å². The molecule has 0 aliphatic rings. The third kappa shape index (κ3) is 5.55. The molecule has 1 unspecified atom stereocenters. The first-order valence-corrected chi connectivity index (χ1v) is 7.42. The molecule has 0 saturated carbocycles. The Morgan fingerprint density at radius 2 is 1.76 bits per heavy atom. The first-order valence-electron chi connectivity index (χ1n) is 7.42. The lowest BCUT2D eigenvalue weighted by Crippen LogP contribution is -3.11. The van der Waals surface area contributed by atoms with Crippen LogP contribution in [0.1, 0.15) is 19.4 Å². The molecule has 0 spiro atoms. The van der Waals surface area contributed by atoms with Crippen molar-refractivity contribution in [1.82, 2.24) is 4.90 Å². The largest absolute Gasteiger partial charge is 0.338 e. The normalized spacial score (nSPS) is 11.8. The maximum absolute atomic E-state index is 12.0. The summed E-state index contributed by atoms with van der Waals surface area (Å²) in [6.45, 7) is 7.90. The fourth-order valence-corrected chi connectivity index (χ4v) is 2.19. The summed E-state index contributed by atoms with van der Waals surface area (Å²) < 4.78 is 0. The van der Waals surface area contributed by atoms with Crippen molar-refractivity contribution >= 4 is 17.5 Å². The number of quaternary nitrogens is 1. The number of benzene rings is 1. The highest BCUT2D eigenvalue weighted by Gasteiger charge is 2.17. The highest BCUT2D eigenvalue weighted by atomic mass is 16.2. The van der Waals surface area contributed by atoms with Crippen LogP contribution in [0.15, 0.2) is 24.3 Å². The number of para-hydroxylation sites is 1. The van der Waals surface area contributed by atoms with Crippen LogP contribution >= 0.6 is 0 Å². The van der Waals surface area contributed by atoms with Crippen molar-refractivity contribution < 1.29 is 14.5 Å². The zero-order valence-corrected chi connectivity index (χ0v) is 13.4. The molecule has 0 aliphatic heterocycles. The minimum absolute atomic E-state index is 0.0749. The van der Waals surface area contributed by atoms with Crippen LogP contribution in [0.4, 0.5) is 5.69 Å². The molecule has 0 aromatic heterocycles. The van der Waals surface area contributed by atoms with Crippen molar-refractivity contribution in [3.8, 4) is 0 Å². The second-order valence-electron chi connectivity index (χ2n) is 5.24. The van der Waals surface area contributed by atoms with Crippen LogP contribution in [0.2, 0.25) is 0 Å². The van der Waals surface area contributed by atoms with Gasteiger partial charge in [0.05, 0.1) is 7.05 Å². The Labute approximate surface area is 126 Å². The molecule has 5 nitrogen and oxygen atoms in total.